The number of aromatic nitrogens is 2. The molecule has 1 amide bonds. The van der Waals surface area contributed by atoms with E-state index in [4.69, 9.17) is 9.84 Å². The molecule has 0 bridgehead atoms. The zero-order valence-electron chi connectivity index (χ0n) is 14.4. The number of fused-ring (bicyclic) bond motifs is 1. The van der Waals surface area contributed by atoms with Crippen molar-refractivity contribution < 1.29 is 19.4 Å². The van der Waals surface area contributed by atoms with Crippen LogP contribution in [0.1, 0.15) is 29.6 Å². The largest absolute Gasteiger partial charge is 0.486 e. The van der Waals surface area contributed by atoms with Crippen molar-refractivity contribution in [3.8, 4) is 5.75 Å². The SMILES string of the molecule is Cn1nccc1Nc1ccc2c(c1)C(=O)CC1(CCN(C(=O)O)CC1)O2. The number of carbonyl (C=O) groups is 2. The standard InChI is InChI=1S/C18H20N4O4/c1-21-16(4-7-19-21)20-12-2-3-15-13(10-12)14(23)11-18(26-15)5-8-22(9-6-18)17(24)25/h2-4,7,10,20H,5-6,8-9,11H2,1H3,(H,24,25). The summed E-state index contributed by atoms with van der Waals surface area (Å²) in [7, 11) is 1.84. The number of carbonyl (C=O) groups excluding carboxylic acids is 1. The van der Waals surface area contributed by atoms with Crippen molar-refractivity contribution in [3.05, 3.63) is 36.0 Å². The van der Waals surface area contributed by atoms with E-state index in [1.165, 1.54) is 4.90 Å². The van der Waals surface area contributed by atoms with Crippen LogP contribution in [0.15, 0.2) is 30.5 Å². The summed E-state index contributed by atoms with van der Waals surface area (Å²) in [4.78, 5) is 25.2. The first-order chi connectivity index (χ1) is 12.5. The first-order valence-corrected chi connectivity index (χ1v) is 8.55. The van der Waals surface area contributed by atoms with Crippen LogP contribution in [0.25, 0.3) is 0 Å². The highest BCUT2D eigenvalue weighted by atomic mass is 16.5. The van der Waals surface area contributed by atoms with Crippen LogP contribution < -0.4 is 10.1 Å². The van der Waals surface area contributed by atoms with Crippen molar-refractivity contribution in [1.29, 1.82) is 0 Å². The molecule has 0 radical (unpaired) electrons. The molecule has 2 N–H and O–H groups in total. The summed E-state index contributed by atoms with van der Waals surface area (Å²) in [5.74, 6) is 1.43. The Balaban J connectivity index is 1.54. The van der Waals surface area contributed by atoms with Gasteiger partial charge < -0.3 is 20.1 Å². The van der Waals surface area contributed by atoms with Gasteiger partial charge in [-0.3, -0.25) is 9.48 Å². The molecule has 2 aliphatic heterocycles. The number of Topliss-reactive ketones (excluding diaryl/α,β-unsaturated/α-hetero) is 1. The van der Waals surface area contributed by atoms with Gasteiger partial charge in [0.1, 0.15) is 17.2 Å². The fourth-order valence-electron chi connectivity index (χ4n) is 3.60. The zero-order chi connectivity index (χ0) is 18.3. The summed E-state index contributed by atoms with van der Waals surface area (Å²) >= 11 is 0. The first-order valence-electron chi connectivity index (χ1n) is 8.55. The molecular formula is C18H20N4O4. The van der Waals surface area contributed by atoms with Gasteiger partial charge in [-0.15, -0.1) is 0 Å². The van der Waals surface area contributed by atoms with Crippen LogP contribution >= 0.6 is 0 Å². The van der Waals surface area contributed by atoms with Gasteiger partial charge in [0, 0.05) is 44.7 Å². The molecule has 1 aromatic heterocycles. The Morgan fingerprint density at radius 2 is 2.08 bits per heavy atom. The van der Waals surface area contributed by atoms with Gasteiger partial charge in [-0.1, -0.05) is 0 Å². The van der Waals surface area contributed by atoms with E-state index in [1.807, 2.05) is 19.2 Å². The number of hydrogen-bond acceptors (Lipinski definition) is 5. The second-order valence-electron chi connectivity index (χ2n) is 6.83. The Labute approximate surface area is 150 Å². The number of anilines is 2. The number of aryl methyl sites for hydroxylation is 1. The van der Waals surface area contributed by atoms with Gasteiger partial charge >= 0.3 is 6.09 Å². The van der Waals surface area contributed by atoms with E-state index in [0.29, 0.717) is 37.2 Å². The molecule has 1 fully saturated rings. The van der Waals surface area contributed by atoms with Crippen LogP contribution in [0.4, 0.5) is 16.3 Å². The van der Waals surface area contributed by atoms with Crippen molar-refractivity contribution in [2.24, 2.45) is 7.05 Å². The predicted octanol–water partition coefficient (Wildman–Crippen LogP) is 2.64. The van der Waals surface area contributed by atoms with Crippen molar-refractivity contribution in [2.75, 3.05) is 18.4 Å². The number of rotatable bonds is 2. The number of benzene rings is 1. The number of nitrogens with one attached hydrogen (secondary N) is 1. The molecule has 1 aromatic carbocycles. The Bertz CT molecular complexity index is 868. The molecule has 26 heavy (non-hydrogen) atoms. The van der Waals surface area contributed by atoms with E-state index in [9.17, 15) is 9.59 Å². The van der Waals surface area contributed by atoms with E-state index < -0.39 is 11.7 Å². The molecule has 8 heteroatoms. The number of nitrogens with zero attached hydrogens (tertiary/aromatic N) is 3. The summed E-state index contributed by atoms with van der Waals surface area (Å²) in [5, 5.41) is 16.4. The number of carboxylic acid groups (broad SMARTS) is 1. The molecule has 1 saturated heterocycles. The molecule has 0 unspecified atom stereocenters. The molecule has 3 heterocycles. The third-order valence-electron chi connectivity index (χ3n) is 5.13. The van der Waals surface area contributed by atoms with Gasteiger partial charge in [0.15, 0.2) is 5.78 Å². The molecule has 136 valence electrons. The van der Waals surface area contributed by atoms with E-state index in [1.54, 1.807) is 23.0 Å². The average molecular weight is 356 g/mol. The molecule has 2 aliphatic rings. The lowest BCUT2D eigenvalue weighted by Crippen LogP contribution is -2.52. The Hall–Kier alpha value is -3.03. The van der Waals surface area contributed by atoms with Crippen LogP contribution in [0.5, 0.6) is 5.75 Å². The average Bonchev–Trinajstić information content (AvgIpc) is 3.01. The third-order valence-corrected chi connectivity index (χ3v) is 5.13. The van der Waals surface area contributed by atoms with Crippen molar-refractivity contribution in [2.45, 2.75) is 24.9 Å². The smallest absolute Gasteiger partial charge is 0.407 e. The molecule has 4 rings (SSSR count). The molecule has 0 saturated carbocycles. The summed E-state index contributed by atoms with van der Waals surface area (Å²) in [6.07, 6.45) is 2.11. The number of amides is 1. The fraction of sp³-hybridized carbons (Fsp3) is 0.389. The Morgan fingerprint density at radius 1 is 1.31 bits per heavy atom. The van der Waals surface area contributed by atoms with E-state index in [2.05, 4.69) is 10.4 Å². The molecule has 2 aromatic rings. The lowest BCUT2D eigenvalue weighted by atomic mass is 9.82. The maximum atomic E-state index is 12.7. The monoisotopic (exact) mass is 356 g/mol. The number of hydrogen-bond donors (Lipinski definition) is 2. The number of piperidine rings is 1. The molecule has 0 atom stereocenters. The first kappa shape index (κ1) is 16.4. The lowest BCUT2D eigenvalue weighted by Gasteiger charge is -2.43. The zero-order valence-corrected chi connectivity index (χ0v) is 14.4. The van der Waals surface area contributed by atoms with Gasteiger partial charge in [0.2, 0.25) is 0 Å². The highest BCUT2D eigenvalue weighted by Gasteiger charge is 2.43. The maximum Gasteiger partial charge on any atom is 0.407 e. The Kier molecular flexibility index (Phi) is 3.82. The predicted molar refractivity (Wildman–Crippen MR) is 94.1 cm³/mol. The second-order valence-corrected chi connectivity index (χ2v) is 6.83. The van der Waals surface area contributed by atoms with Gasteiger partial charge in [0.05, 0.1) is 18.2 Å². The van der Waals surface area contributed by atoms with E-state index in [0.717, 1.165) is 11.5 Å². The topological polar surface area (TPSA) is 96.7 Å². The van der Waals surface area contributed by atoms with Crippen LogP contribution in [-0.4, -0.2) is 50.4 Å². The van der Waals surface area contributed by atoms with Crippen LogP contribution in [0.3, 0.4) is 0 Å². The third kappa shape index (κ3) is 2.87. The summed E-state index contributed by atoms with van der Waals surface area (Å²) < 4.78 is 7.90. The van der Waals surface area contributed by atoms with E-state index in [-0.39, 0.29) is 12.2 Å². The van der Waals surface area contributed by atoms with Gasteiger partial charge in [-0.25, -0.2) is 4.79 Å². The normalized spacial score (nSPS) is 18.3. The molecular weight excluding hydrogens is 336 g/mol. The minimum Gasteiger partial charge on any atom is -0.486 e. The van der Waals surface area contributed by atoms with Gasteiger partial charge in [0.25, 0.3) is 0 Å². The number of ketones is 1. The van der Waals surface area contributed by atoms with E-state index >= 15 is 0 Å². The summed E-state index contributed by atoms with van der Waals surface area (Å²) in [6.45, 7) is 0.774. The molecule has 1 spiro atoms. The van der Waals surface area contributed by atoms with Gasteiger partial charge in [-0.05, 0) is 18.2 Å². The van der Waals surface area contributed by atoms with Crippen molar-refractivity contribution >= 4 is 23.4 Å². The summed E-state index contributed by atoms with van der Waals surface area (Å²) in [5.41, 5.74) is 0.761. The fourth-order valence-corrected chi connectivity index (χ4v) is 3.60. The van der Waals surface area contributed by atoms with Crippen molar-refractivity contribution in [1.82, 2.24) is 14.7 Å². The minimum absolute atomic E-state index is 0.0312. The summed E-state index contributed by atoms with van der Waals surface area (Å²) in [6, 6.07) is 7.31. The van der Waals surface area contributed by atoms with Crippen LogP contribution in [0.2, 0.25) is 0 Å². The Morgan fingerprint density at radius 3 is 2.73 bits per heavy atom. The van der Waals surface area contributed by atoms with Crippen molar-refractivity contribution in [3.63, 3.8) is 0 Å². The number of ether oxygens (including phenoxy) is 1. The maximum absolute atomic E-state index is 12.7. The van der Waals surface area contributed by atoms with Crippen LogP contribution in [-0.2, 0) is 7.05 Å². The molecule has 0 aliphatic carbocycles. The quantitative estimate of drug-likeness (QED) is 0.859. The second kappa shape index (κ2) is 6.05. The lowest BCUT2D eigenvalue weighted by molar-refractivity contribution is -0.00518. The molecule has 8 nitrogen and oxygen atoms in total. The highest BCUT2D eigenvalue weighted by Crippen LogP contribution is 2.40. The highest BCUT2D eigenvalue weighted by molar-refractivity contribution is 6.01. The minimum atomic E-state index is -0.923. The number of likely N-dealkylation sites (tertiary alicyclic amines) is 1. The van der Waals surface area contributed by atoms with Gasteiger partial charge in [-0.2, -0.15) is 5.10 Å². The van der Waals surface area contributed by atoms with Crippen LogP contribution in [0, 0.1) is 0 Å².